The molecule has 1 aromatic rings. The molecule has 0 saturated heterocycles. The van der Waals surface area contributed by atoms with Crippen LogP contribution in [0.2, 0.25) is 0 Å². The first-order chi connectivity index (χ1) is 6.74. The van der Waals surface area contributed by atoms with Crippen molar-refractivity contribution in [2.75, 3.05) is 0 Å². The van der Waals surface area contributed by atoms with Gasteiger partial charge in [-0.3, -0.25) is 0 Å². The summed E-state index contributed by atoms with van der Waals surface area (Å²) < 4.78 is 2.24. The lowest BCUT2D eigenvalue weighted by atomic mass is 10.3. The summed E-state index contributed by atoms with van der Waals surface area (Å²) in [5, 5.41) is 3.40. The molecule has 0 aliphatic rings. The number of aromatic nitrogens is 2. The van der Waals surface area contributed by atoms with Crippen LogP contribution >= 0.6 is 0 Å². The Morgan fingerprint density at radius 1 is 1.50 bits per heavy atom. The van der Waals surface area contributed by atoms with Gasteiger partial charge in [-0.15, -0.1) is 0 Å². The standard InChI is InChI=1S/C11H21N3/c1-4-5-6-14-9-12-7-11(14)8-13-10(2)3/h7,9-10,13H,4-6,8H2,1-3H3. The average Bonchev–Trinajstić information content (AvgIpc) is 2.58. The van der Waals surface area contributed by atoms with Crippen LogP contribution < -0.4 is 5.32 Å². The van der Waals surface area contributed by atoms with Crippen molar-refractivity contribution in [3.63, 3.8) is 0 Å². The van der Waals surface area contributed by atoms with E-state index in [4.69, 9.17) is 0 Å². The zero-order valence-corrected chi connectivity index (χ0v) is 9.45. The Kier molecular flexibility index (Phi) is 4.66. The Balaban J connectivity index is 2.45. The second-order valence-corrected chi connectivity index (χ2v) is 3.97. The third-order valence-corrected chi connectivity index (χ3v) is 2.24. The van der Waals surface area contributed by atoms with E-state index in [9.17, 15) is 0 Å². The number of aryl methyl sites for hydroxylation is 1. The van der Waals surface area contributed by atoms with Gasteiger partial charge in [0.15, 0.2) is 0 Å². The predicted octanol–water partition coefficient (Wildman–Crippen LogP) is 2.18. The third-order valence-electron chi connectivity index (χ3n) is 2.24. The second kappa shape index (κ2) is 5.81. The molecule has 0 aromatic carbocycles. The van der Waals surface area contributed by atoms with Crippen LogP contribution in [0, 0.1) is 0 Å². The molecule has 0 saturated carbocycles. The number of imidazole rings is 1. The molecular weight excluding hydrogens is 174 g/mol. The molecule has 0 unspecified atom stereocenters. The number of rotatable bonds is 6. The third kappa shape index (κ3) is 3.50. The molecule has 1 rings (SSSR count). The second-order valence-electron chi connectivity index (χ2n) is 3.97. The zero-order valence-electron chi connectivity index (χ0n) is 9.45. The topological polar surface area (TPSA) is 29.9 Å². The summed E-state index contributed by atoms with van der Waals surface area (Å²) in [5.41, 5.74) is 1.28. The number of hydrogen-bond acceptors (Lipinski definition) is 2. The van der Waals surface area contributed by atoms with Crippen molar-refractivity contribution in [3.8, 4) is 0 Å². The molecule has 3 nitrogen and oxygen atoms in total. The highest BCUT2D eigenvalue weighted by atomic mass is 15.1. The van der Waals surface area contributed by atoms with E-state index in [-0.39, 0.29) is 0 Å². The van der Waals surface area contributed by atoms with Crippen LogP contribution in [0.4, 0.5) is 0 Å². The predicted molar refractivity (Wildman–Crippen MR) is 59.1 cm³/mol. The van der Waals surface area contributed by atoms with Gasteiger partial charge in [0.05, 0.1) is 12.0 Å². The van der Waals surface area contributed by atoms with Crippen LogP contribution in [0.15, 0.2) is 12.5 Å². The lowest BCUT2D eigenvalue weighted by molar-refractivity contribution is 0.543. The van der Waals surface area contributed by atoms with Crippen LogP contribution in [0.5, 0.6) is 0 Å². The molecule has 0 atom stereocenters. The first-order valence-corrected chi connectivity index (χ1v) is 5.46. The summed E-state index contributed by atoms with van der Waals surface area (Å²) in [6.07, 6.45) is 6.33. The molecule has 0 amide bonds. The lowest BCUT2D eigenvalue weighted by Gasteiger charge is -2.10. The van der Waals surface area contributed by atoms with E-state index in [1.165, 1.54) is 18.5 Å². The van der Waals surface area contributed by atoms with Gasteiger partial charge in [-0.2, -0.15) is 0 Å². The minimum absolute atomic E-state index is 0.532. The maximum absolute atomic E-state index is 4.18. The molecule has 14 heavy (non-hydrogen) atoms. The number of unbranched alkanes of at least 4 members (excludes halogenated alkanes) is 1. The van der Waals surface area contributed by atoms with Crippen LogP contribution in [0.25, 0.3) is 0 Å². The van der Waals surface area contributed by atoms with Gasteiger partial charge in [0.1, 0.15) is 0 Å². The van der Waals surface area contributed by atoms with Crippen molar-refractivity contribution in [1.29, 1.82) is 0 Å². The summed E-state index contributed by atoms with van der Waals surface area (Å²) >= 11 is 0. The highest BCUT2D eigenvalue weighted by molar-refractivity contribution is 4.97. The summed E-state index contributed by atoms with van der Waals surface area (Å²) in [4.78, 5) is 4.18. The lowest BCUT2D eigenvalue weighted by Crippen LogP contribution is -2.23. The van der Waals surface area contributed by atoms with E-state index >= 15 is 0 Å². The Hall–Kier alpha value is -0.830. The van der Waals surface area contributed by atoms with Gasteiger partial charge < -0.3 is 9.88 Å². The minimum atomic E-state index is 0.532. The summed E-state index contributed by atoms with van der Waals surface area (Å²) in [5.74, 6) is 0. The van der Waals surface area contributed by atoms with E-state index in [2.05, 4.69) is 35.6 Å². The SMILES string of the molecule is CCCCn1cncc1CNC(C)C. The van der Waals surface area contributed by atoms with Gasteiger partial charge in [-0.1, -0.05) is 27.2 Å². The maximum atomic E-state index is 4.18. The zero-order chi connectivity index (χ0) is 10.4. The highest BCUT2D eigenvalue weighted by Crippen LogP contribution is 2.02. The van der Waals surface area contributed by atoms with E-state index in [1.54, 1.807) is 0 Å². The molecular formula is C11H21N3. The summed E-state index contributed by atoms with van der Waals surface area (Å²) in [7, 11) is 0. The molecule has 0 fully saturated rings. The van der Waals surface area contributed by atoms with Crippen LogP contribution in [0.3, 0.4) is 0 Å². The first-order valence-electron chi connectivity index (χ1n) is 5.46. The Bertz CT molecular complexity index is 253. The minimum Gasteiger partial charge on any atom is -0.333 e. The van der Waals surface area contributed by atoms with Gasteiger partial charge >= 0.3 is 0 Å². The normalized spacial score (nSPS) is 11.1. The van der Waals surface area contributed by atoms with Gasteiger partial charge in [-0.25, -0.2) is 4.98 Å². The Morgan fingerprint density at radius 3 is 2.93 bits per heavy atom. The molecule has 80 valence electrons. The maximum Gasteiger partial charge on any atom is 0.0948 e. The van der Waals surface area contributed by atoms with Crippen LogP contribution in [0.1, 0.15) is 39.3 Å². The molecule has 0 bridgehead atoms. The largest absolute Gasteiger partial charge is 0.333 e. The molecule has 3 heteroatoms. The molecule has 1 heterocycles. The Morgan fingerprint density at radius 2 is 2.29 bits per heavy atom. The molecule has 1 N–H and O–H groups in total. The fourth-order valence-electron chi connectivity index (χ4n) is 1.33. The number of nitrogens with zero attached hydrogens (tertiary/aromatic N) is 2. The van der Waals surface area contributed by atoms with E-state index in [0.717, 1.165) is 13.1 Å². The highest BCUT2D eigenvalue weighted by Gasteiger charge is 2.01. The smallest absolute Gasteiger partial charge is 0.0948 e. The molecule has 0 radical (unpaired) electrons. The average molecular weight is 195 g/mol. The van der Waals surface area contributed by atoms with Crippen molar-refractivity contribution < 1.29 is 0 Å². The van der Waals surface area contributed by atoms with Gasteiger partial charge in [0, 0.05) is 25.3 Å². The number of nitrogens with one attached hydrogen (secondary N) is 1. The van der Waals surface area contributed by atoms with Crippen molar-refractivity contribution in [2.24, 2.45) is 0 Å². The molecule has 0 aliphatic carbocycles. The van der Waals surface area contributed by atoms with Crippen molar-refractivity contribution in [2.45, 2.75) is 52.7 Å². The molecule has 0 spiro atoms. The van der Waals surface area contributed by atoms with Crippen molar-refractivity contribution in [1.82, 2.24) is 14.9 Å². The van der Waals surface area contributed by atoms with E-state index in [0.29, 0.717) is 6.04 Å². The van der Waals surface area contributed by atoms with Gasteiger partial charge in [-0.05, 0) is 6.42 Å². The quantitative estimate of drug-likeness (QED) is 0.754. The van der Waals surface area contributed by atoms with Crippen LogP contribution in [-0.2, 0) is 13.1 Å². The monoisotopic (exact) mass is 195 g/mol. The first kappa shape index (κ1) is 11.2. The van der Waals surface area contributed by atoms with Crippen molar-refractivity contribution in [3.05, 3.63) is 18.2 Å². The van der Waals surface area contributed by atoms with E-state index in [1.807, 2.05) is 12.5 Å². The molecule has 1 aromatic heterocycles. The number of hydrogen-bond donors (Lipinski definition) is 1. The summed E-state index contributed by atoms with van der Waals surface area (Å²) in [6, 6.07) is 0.532. The summed E-state index contributed by atoms with van der Waals surface area (Å²) in [6.45, 7) is 8.54. The van der Waals surface area contributed by atoms with Gasteiger partial charge in [0.25, 0.3) is 0 Å². The fourth-order valence-corrected chi connectivity index (χ4v) is 1.33. The van der Waals surface area contributed by atoms with Gasteiger partial charge in [0.2, 0.25) is 0 Å². The van der Waals surface area contributed by atoms with Crippen molar-refractivity contribution >= 4 is 0 Å². The fraction of sp³-hybridized carbons (Fsp3) is 0.727. The van der Waals surface area contributed by atoms with E-state index < -0.39 is 0 Å². The van der Waals surface area contributed by atoms with Crippen LogP contribution in [-0.4, -0.2) is 15.6 Å². The Labute approximate surface area is 86.5 Å². The molecule has 0 aliphatic heterocycles.